The van der Waals surface area contributed by atoms with Crippen LogP contribution in [0.15, 0.2) is 18.2 Å². The van der Waals surface area contributed by atoms with E-state index in [-0.39, 0.29) is 12.1 Å². The Hall–Kier alpha value is -1.60. The zero-order chi connectivity index (χ0) is 16.6. The summed E-state index contributed by atoms with van der Waals surface area (Å²) in [6, 6.07) is 6.12. The van der Waals surface area contributed by atoms with Crippen molar-refractivity contribution in [1.82, 2.24) is 9.62 Å². The van der Waals surface area contributed by atoms with Gasteiger partial charge >= 0.3 is 6.03 Å². The Morgan fingerprint density at radius 2 is 1.91 bits per heavy atom. The first-order valence-corrected chi connectivity index (χ1v) is 9.82. The molecule has 2 aliphatic heterocycles. The second-order valence-electron chi connectivity index (χ2n) is 6.42. The molecular formula is C16H23N3O3S. The quantitative estimate of drug-likeness (QED) is 0.889. The third-order valence-electron chi connectivity index (χ3n) is 4.63. The average Bonchev–Trinajstić information content (AvgIpc) is 2.89. The van der Waals surface area contributed by atoms with E-state index in [1.165, 1.54) is 21.7 Å². The first kappa shape index (κ1) is 16.3. The molecule has 23 heavy (non-hydrogen) atoms. The molecule has 0 saturated carbocycles. The van der Waals surface area contributed by atoms with Crippen LogP contribution in [-0.2, 0) is 16.4 Å². The Bertz CT molecular complexity index is 709. The molecule has 0 aromatic heterocycles. The van der Waals surface area contributed by atoms with Gasteiger partial charge in [-0.3, -0.25) is 4.90 Å². The van der Waals surface area contributed by atoms with E-state index in [4.69, 9.17) is 0 Å². The number of nitrogens with zero attached hydrogens (tertiary/aromatic N) is 2. The smallest absolute Gasteiger partial charge is 0.322 e. The highest BCUT2D eigenvalue weighted by Crippen LogP contribution is 2.29. The van der Waals surface area contributed by atoms with E-state index < -0.39 is 10.0 Å². The van der Waals surface area contributed by atoms with Crippen LogP contribution in [0, 0.1) is 6.92 Å². The van der Waals surface area contributed by atoms with Crippen LogP contribution in [0.5, 0.6) is 0 Å². The molecular weight excluding hydrogens is 314 g/mol. The fourth-order valence-corrected chi connectivity index (χ4v) is 4.20. The number of hydrogen-bond acceptors (Lipinski definition) is 3. The average molecular weight is 337 g/mol. The Kier molecular flexibility index (Phi) is 4.33. The molecule has 1 aromatic carbocycles. The molecule has 1 N–H and O–H groups in total. The van der Waals surface area contributed by atoms with Crippen molar-refractivity contribution in [2.24, 2.45) is 0 Å². The molecule has 126 valence electrons. The number of anilines is 1. The number of piperidine rings is 1. The molecule has 7 heteroatoms. The molecule has 0 radical (unpaired) electrons. The molecule has 1 saturated heterocycles. The van der Waals surface area contributed by atoms with Gasteiger partial charge in [-0.25, -0.2) is 17.5 Å². The van der Waals surface area contributed by atoms with E-state index in [2.05, 4.69) is 18.3 Å². The van der Waals surface area contributed by atoms with Crippen LogP contribution >= 0.6 is 0 Å². The maximum atomic E-state index is 12.5. The van der Waals surface area contributed by atoms with E-state index in [0.29, 0.717) is 32.5 Å². The monoisotopic (exact) mass is 337 g/mol. The van der Waals surface area contributed by atoms with Crippen molar-refractivity contribution in [2.45, 2.75) is 32.2 Å². The lowest BCUT2D eigenvalue weighted by Crippen LogP contribution is -2.49. The number of rotatable bonds is 2. The van der Waals surface area contributed by atoms with Crippen molar-refractivity contribution >= 4 is 21.7 Å². The van der Waals surface area contributed by atoms with Gasteiger partial charge in [-0.15, -0.1) is 0 Å². The molecule has 3 rings (SSSR count). The largest absolute Gasteiger partial charge is 0.335 e. The van der Waals surface area contributed by atoms with Gasteiger partial charge in [0.25, 0.3) is 0 Å². The Morgan fingerprint density at radius 3 is 2.57 bits per heavy atom. The number of nitrogens with one attached hydrogen (secondary N) is 1. The lowest BCUT2D eigenvalue weighted by molar-refractivity contribution is 0.233. The van der Waals surface area contributed by atoms with Gasteiger partial charge in [-0.05, 0) is 37.8 Å². The molecule has 0 aliphatic carbocycles. The summed E-state index contributed by atoms with van der Waals surface area (Å²) in [7, 11) is -3.13. The zero-order valence-electron chi connectivity index (χ0n) is 13.6. The van der Waals surface area contributed by atoms with E-state index in [1.54, 1.807) is 4.90 Å². The molecule has 1 aromatic rings. The van der Waals surface area contributed by atoms with E-state index in [0.717, 1.165) is 12.1 Å². The standard InChI is InChI=1S/C16H23N3O3S/c1-12-3-4-15-13(11-12)5-10-19(15)16(20)17-14-6-8-18(9-7-14)23(2,21)22/h3-4,11,14H,5-10H2,1-2H3,(H,17,20). The highest BCUT2D eigenvalue weighted by Gasteiger charge is 2.29. The van der Waals surface area contributed by atoms with Crippen LogP contribution in [0.2, 0.25) is 0 Å². The van der Waals surface area contributed by atoms with E-state index in [1.807, 2.05) is 12.1 Å². The highest BCUT2D eigenvalue weighted by atomic mass is 32.2. The van der Waals surface area contributed by atoms with Crippen molar-refractivity contribution in [3.05, 3.63) is 29.3 Å². The van der Waals surface area contributed by atoms with Crippen molar-refractivity contribution < 1.29 is 13.2 Å². The number of carbonyl (C=O) groups is 1. The predicted molar refractivity (Wildman–Crippen MR) is 90.2 cm³/mol. The summed E-state index contributed by atoms with van der Waals surface area (Å²) < 4.78 is 24.5. The van der Waals surface area contributed by atoms with Crippen LogP contribution < -0.4 is 10.2 Å². The first-order valence-electron chi connectivity index (χ1n) is 7.97. The normalized spacial score (nSPS) is 19.7. The van der Waals surface area contributed by atoms with Gasteiger partial charge in [0.1, 0.15) is 0 Å². The Balaban J connectivity index is 1.60. The zero-order valence-corrected chi connectivity index (χ0v) is 14.4. The van der Waals surface area contributed by atoms with Gasteiger partial charge < -0.3 is 5.32 Å². The second kappa shape index (κ2) is 6.13. The van der Waals surface area contributed by atoms with Crippen LogP contribution in [0.4, 0.5) is 10.5 Å². The number of amides is 2. The number of sulfonamides is 1. The lowest BCUT2D eigenvalue weighted by atomic mass is 10.1. The minimum absolute atomic E-state index is 0.0370. The molecule has 0 atom stereocenters. The number of fused-ring (bicyclic) bond motifs is 1. The third kappa shape index (κ3) is 3.50. The number of urea groups is 1. The van der Waals surface area contributed by atoms with Crippen molar-refractivity contribution in [3.8, 4) is 0 Å². The maximum Gasteiger partial charge on any atom is 0.322 e. The molecule has 2 aliphatic rings. The SMILES string of the molecule is Cc1ccc2c(c1)CCN2C(=O)NC1CCN(S(C)(=O)=O)CC1. The van der Waals surface area contributed by atoms with Crippen molar-refractivity contribution in [1.29, 1.82) is 0 Å². The molecule has 0 unspecified atom stereocenters. The summed E-state index contributed by atoms with van der Waals surface area (Å²) in [4.78, 5) is 14.3. The highest BCUT2D eigenvalue weighted by molar-refractivity contribution is 7.88. The molecule has 1 fully saturated rings. The van der Waals surface area contributed by atoms with Gasteiger partial charge in [0.2, 0.25) is 10.0 Å². The summed E-state index contributed by atoms with van der Waals surface area (Å²) in [6.07, 6.45) is 3.44. The Morgan fingerprint density at radius 1 is 1.22 bits per heavy atom. The van der Waals surface area contributed by atoms with Gasteiger partial charge in [-0.2, -0.15) is 0 Å². The second-order valence-corrected chi connectivity index (χ2v) is 8.40. The fourth-order valence-electron chi connectivity index (χ4n) is 3.33. The molecule has 6 nitrogen and oxygen atoms in total. The molecule has 0 spiro atoms. The summed E-state index contributed by atoms with van der Waals surface area (Å²) in [5.41, 5.74) is 3.41. The number of hydrogen-bond donors (Lipinski definition) is 1. The van der Waals surface area contributed by atoms with E-state index >= 15 is 0 Å². The van der Waals surface area contributed by atoms with Gasteiger partial charge in [0, 0.05) is 31.4 Å². The van der Waals surface area contributed by atoms with Gasteiger partial charge in [-0.1, -0.05) is 17.7 Å². The number of aryl methyl sites for hydroxylation is 1. The minimum Gasteiger partial charge on any atom is -0.335 e. The van der Waals surface area contributed by atoms with Gasteiger partial charge in [0.15, 0.2) is 0 Å². The number of benzene rings is 1. The summed E-state index contributed by atoms with van der Waals surface area (Å²) in [5, 5.41) is 3.05. The van der Waals surface area contributed by atoms with Gasteiger partial charge in [0.05, 0.1) is 6.26 Å². The third-order valence-corrected chi connectivity index (χ3v) is 5.93. The predicted octanol–water partition coefficient (Wildman–Crippen LogP) is 1.49. The Labute approximate surface area is 137 Å². The lowest BCUT2D eigenvalue weighted by Gasteiger charge is -2.31. The number of carbonyl (C=O) groups excluding carboxylic acids is 1. The van der Waals surface area contributed by atoms with Crippen LogP contribution in [-0.4, -0.2) is 50.7 Å². The molecule has 0 bridgehead atoms. The fraction of sp³-hybridized carbons (Fsp3) is 0.562. The maximum absolute atomic E-state index is 12.5. The minimum atomic E-state index is -3.13. The van der Waals surface area contributed by atoms with Crippen LogP contribution in [0.25, 0.3) is 0 Å². The van der Waals surface area contributed by atoms with Crippen LogP contribution in [0.1, 0.15) is 24.0 Å². The summed E-state index contributed by atoms with van der Waals surface area (Å²) in [6.45, 7) is 3.70. The van der Waals surface area contributed by atoms with Crippen molar-refractivity contribution in [2.75, 3.05) is 30.8 Å². The van der Waals surface area contributed by atoms with Crippen LogP contribution in [0.3, 0.4) is 0 Å². The summed E-state index contributed by atoms with van der Waals surface area (Å²) in [5.74, 6) is 0. The topological polar surface area (TPSA) is 69.7 Å². The van der Waals surface area contributed by atoms with Crippen molar-refractivity contribution in [3.63, 3.8) is 0 Å². The first-order chi connectivity index (χ1) is 10.8. The summed E-state index contributed by atoms with van der Waals surface area (Å²) >= 11 is 0. The van der Waals surface area contributed by atoms with E-state index in [9.17, 15) is 13.2 Å². The molecule has 2 heterocycles. The molecule has 2 amide bonds.